The summed E-state index contributed by atoms with van der Waals surface area (Å²) in [5.74, 6) is -0.936. The number of ether oxygens (including phenoxy) is 2. The zero-order chi connectivity index (χ0) is 37.7. The first-order valence-electron chi connectivity index (χ1n) is 20.3. The molecule has 0 spiro atoms. The van der Waals surface area contributed by atoms with Gasteiger partial charge in [0.2, 0.25) is 0 Å². The van der Waals surface area contributed by atoms with E-state index < -0.39 is 51.8 Å². The largest absolute Gasteiger partial charge is 0.472 e. The minimum atomic E-state index is -4.61. The zero-order valence-electron chi connectivity index (χ0n) is 32.3. The van der Waals surface area contributed by atoms with E-state index in [1.807, 2.05) is 0 Å². The molecule has 0 aromatic rings. The highest BCUT2D eigenvalue weighted by Gasteiger charge is 2.27. The van der Waals surface area contributed by atoms with Crippen molar-refractivity contribution in [2.75, 3.05) is 26.4 Å². The molecule has 1 unspecified atom stereocenters. The number of rotatable bonds is 38. The second kappa shape index (κ2) is 36.8. The van der Waals surface area contributed by atoms with Gasteiger partial charge in [0.25, 0.3) is 0 Å². The third kappa shape index (κ3) is 36.6. The van der Waals surface area contributed by atoms with Crippen LogP contribution in [0.1, 0.15) is 181 Å². The minimum absolute atomic E-state index is 0.170. The Hall–Kier alpha value is -1.55. The molecule has 0 amide bonds. The van der Waals surface area contributed by atoms with Crippen molar-refractivity contribution in [3.8, 4) is 0 Å². The van der Waals surface area contributed by atoms with Crippen LogP contribution in [0.4, 0.5) is 0 Å². The van der Waals surface area contributed by atoms with E-state index in [2.05, 4.69) is 42.7 Å². The Morgan fingerprint density at radius 3 is 1.57 bits per heavy atom. The fraction of sp³-hybridized carbons (Fsp3) is 0.850. The highest BCUT2D eigenvalue weighted by atomic mass is 31.2. The molecule has 3 N–H and O–H groups in total. The molecule has 0 heterocycles. The number of unbranched alkanes of at least 4 members (excludes halogenated alkanes) is 20. The van der Waals surface area contributed by atoms with Gasteiger partial charge in [-0.25, -0.2) is 4.57 Å². The first-order chi connectivity index (χ1) is 24.7. The molecular formula is C40H75O10P. The Bertz CT molecular complexity index is 910. The quantitative estimate of drug-likeness (QED) is 0.0241. The number of hydrogen-bond donors (Lipinski definition) is 3. The van der Waals surface area contributed by atoms with E-state index in [1.165, 1.54) is 77.0 Å². The molecule has 0 aromatic carbocycles. The average molecular weight is 747 g/mol. The highest BCUT2D eigenvalue weighted by Crippen LogP contribution is 2.43. The summed E-state index contributed by atoms with van der Waals surface area (Å²) in [7, 11) is -4.61. The Morgan fingerprint density at radius 1 is 0.588 bits per heavy atom. The first-order valence-corrected chi connectivity index (χ1v) is 21.8. The molecule has 0 fully saturated rings. The Balaban J connectivity index is 4.34. The topological polar surface area (TPSA) is 149 Å². The number of esters is 2. The van der Waals surface area contributed by atoms with Crippen molar-refractivity contribution < 1.29 is 47.8 Å². The van der Waals surface area contributed by atoms with Crippen molar-refractivity contribution in [1.29, 1.82) is 0 Å². The van der Waals surface area contributed by atoms with Crippen LogP contribution < -0.4 is 0 Å². The molecular weight excluding hydrogens is 671 g/mol. The molecule has 0 saturated carbocycles. The van der Waals surface area contributed by atoms with Crippen LogP contribution in [0.15, 0.2) is 24.3 Å². The van der Waals surface area contributed by atoms with E-state index in [0.29, 0.717) is 12.8 Å². The maximum absolute atomic E-state index is 12.6. The van der Waals surface area contributed by atoms with Crippen molar-refractivity contribution >= 4 is 19.8 Å². The Kier molecular flexibility index (Phi) is 35.7. The lowest BCUT2D eigenvalue weighted by atomic mass is 10.0. The van der Waals surface area contributed by atoms with Crippen LogP contribution in [0.5, 0.6) is 0 Å². The summed E-state index contributed by atoms with van der Waals surface area (Å²) in [6.45, 7) is 2.32. The molecule has 0 aliphatic carbocycles. The lowest BCUT2D eigenvalue weighted by Crippen LogP contribution is -2.29. The fourth-order valence-corrected chi connectivity index (χ4v) is 6.21. The Labute approximate surface area is 310 Å². The molecule has 51 heavy (non-hydrogen) atoms. The van der Waals surface area contributed by atoms with Gasteiger partial charge in [-0.15, -0.1) is 0 Å². The first kappa shape index (κ1) is 49.5. The summed E-state index contributed by atoms with van der Waals surface area (Å²) < 4.78 is 32.6. The van der Waals surface area contributed by atoms with Crippen LogP contribution in [-0.4, -0.2) is 65.7 Å². The van der Waals surface area contributed by atoms with Gasteiger partial charge < -0.3 is 24.6 Å². The van der Waals surface area contributed by atoms with Crippen LogP contribution in [0, 0.1) is 0 Å². The highest BCUT2D eigenvalue weighted by molar-refractivity contribution is 7.47. The SMILES string of the molecule is CCCC/C=C\C/C=C\CCCCCCCC(=O)O[C@H](COC(=O)CCCCCCCCCCCCCCCC)COP(=O)(O)OC[C@@H](O)CO. The van der Waals surface area contributed by atoms with Gasteiger partial charge in [0.1, 0.15) is 12.7 Å². The monoisotopic (exact) mass is 747 g/mol. The van der Waals surface area contributed by atoms with Crippen molar-refractivity contribution in [2.45, 2.75) is 193 Å². The summed E-state index contributed by atoms with van der Waals surface area (Å²) in [5.41, 5.74) is 0. The molecule has 11 heteroatoms. The predicted molar refractivity (Wildman–Crippen MR) is 205 cm³/mol. The standard InChI is InChI=1S/C40H75O10P/c1-3-5-7-9-11-13-15-17-19-21-23-25-27-29-31-39(43)47-35-38(36-49-51(45,46)48-34-37(42)33-41)50-40(44)32-30-28-26-24-22-20-18-16-14-12-10-8-6-4-2/h10,12,16,18,37-38,41-42H,3-9,11,13-15,17,19-36H2,1-2H3,(H,45,46)/b12-10-,18-16-/t37-,38+/m0/s1. The smallest absolute Gasteiger partial charge is 0.462 e. The van der Waals surface area contributed by atoms with Gasteiger partial charge in [0, 0.05) is 12.8 Å². The number of carbonyl (C=O) groups excluding carboxylic acids is 2. The van der Waals surface area contributed by atoms with E-state index in [4.69, 9.17) is 19.1 Å². The maximum atomic E-state index is 12.6. The van der Waals surface area contributed by atoms with Crippen molar-refractivity contribution in [3.63, 3.8) is 0 Å². The molecule has 3 atom stereocenters. The van der Waals surface area contributed by atoms with E-state index >= 15 is 0 Å². The fourth-order valence-electron chi connectivity index (χ4n) is 5.42. The third-order valence-electron chi connectivity index (χ3n) is 8.61. The minimum Gasteiger partial charge on any atom is -0.462 e. The van der Waals surface area contributed by atoms with Gasteiger partial charge in [-0.3, -0.25) is 18.6 Å². The lowest BCUT2D eigenvalue weighted by molar-refractivity contribution is -0.161. The molecule has 10 nitrogen and oxygen atoms in total. The van der Waals surface area contributed by atoms with Gasteiger partial charge in [-0.1, -0.05) is 154 Å². The Morgan fingerprint density at radius 2 is 1.04 bits per heavy atom. The molecule has 0 aliphatic rings. The average Bonchev–Trinajstić information content (AvgIpc) is 3.12. The van der Waals surface area contributed by atoms with Crippen LogP contribution >= 0.6 is 7.82 Å². The summed E-state index contributed by atoms with van der Waals surface area (Å²) in [5, 5.41) is 18.3. The van der Waals surface area contributed by atoms with Crippen LogP contribution in [0.25, 0.3) is 0 Å². The van der Waals surface area contributed by atoms with E-state index in [0.717, 1.165) is 64.2 Å². The molecule has 0 rings (SSSR count). The molecule has 300 valence electrons. The van der Waals surface area contributed by atoms with Crippen molar-refractivity contribution in [1.82, 2.24) is 0 Å². The zero-order valence-corrected chi connectivity index (χ0v) is 33.2. The number of carbonyl (C=O) groups is 2. The van der Waals surface area contributed by atoms with E-state index in [1.54, 1.807) is 0 Å². The van der Waals surface area contributed by atoms with E-state index in [9.17, 15) is 24.2 Å². The number of aliphatic hydroxyl groups is 2. The normalized spacial score (nSPS) is 14.2. The van der Waals surface area contributed by atoms with Crippen molar-refractivity contribution in [3.05, 3.63) is 24.3 Å². The summed E-state index contributed by atoms with van der Waals surface area (Å²) in [6.07, 6.45) is 34.3. The van der Waals surface area contributed by atoms with Gasteiger partial charge in [0.15, 0.2) is 6.10 Å². The maximum Gasteiger partial charge on any atom is 0.472 e. The van der Waals surface area contributed by atoms with Gasteiger partial charge in [-0.05, 0) is 38.5 Å². The number of aliphatic hydroxyl groups excluding tert-OH is 2. The van der Waals surface area contributed by atoms with Gasteiger partial charge >= 0.3 is 19.8 Å². The number of allylic oxidation sites excluding steroid dienone is 4. The molecule has 0 aromatic heterocycles. The number of phosphoric ester groups is 1. The van der Waals surface area contributed by atoms with Crippen LogP contribution in [-0.2, 0) is 32.7 Å². The number of hydrogen-bond acceptors (Lipinski definition) is 9. The predicted octanol–water partition coefficient (Wildman–Crippen LogP) is 10.2. The lowest BCUT2D eigenvalue weighted by Gasteiger charge is -2.20. The van der Waals surface area contributed by atoms with Gasteiger partial charge in [-0.2, -0.15) is 0 Å². The van der Waals surface area contributed by atoms with Crippen LogP contribution in [0.3, 0.4) is 0 Å². The molecule has 0 saturated heterocycles. The third-order valence-corrected chi connectivity index (χ3v) is 9.56. The second-order valence-electron chi connectivity index (χ2n) is 13.7. The van der Waals surface area contributed by atoms with Gasteiger partial charge in [0.05, 0.1) is 19.8 Å². The molecule has 0 radical (unpaired) electrons. The number of phosphoric acid groups is 1. The summed E-state index contributed by atoms with van der Waals surface area (Å²) in [4.78, 5) is 34.9. The summed E-state index contributed by atoms with van der Waals surface area (Å²) >= 11 is 0. The summed E-state index contributed by atoms with van der Waals surface area (Å²) in [6, 6.07) is 0. The molecule has 0 bridgehead atoms. The van der Waals surface area contributed by atoms with Crippen molar-refractivity contribution in [2.24, 2.45) is 0 Å². The second-order valence-corrected chi connectivity index (χ2v) is 15.1. The molecule has 0 aliphatic heterocycles. The van der Waals surface area contributed by atoms with E-state index in [-0.39, 0.29) is 19.4 Å². The van der Waals surface area contributed by atoms with Crippen LogP contribution in [0.2, 0.25) is 0 Å².